The molecule has 110 valence electrons. The molecule has 0 spiro atoms. The third-order valence-electron chi connectivity index (χ3n) is 3.04. The molecule has 2 N–H and O–H groups in total. The van der Waals surface area contributed by atoms with Gasteiger partial charge in [0.15, 0.2) is 5.82 Å². The number of hydrazine groups is 1. The zero-order chi connectivity index (χ0) is 15.4. The highest BCUT2D eigenvalue weighted by atomic mass is 32.1. The van der Waals surface area contributed by atoms with Crippen molar-refractivity contribution in [2.24, 2.45) is 0 Å². The van der Waals surface area contributed by atoms with Crippen LogP contribution in [0.1, 0.15) is 6.42 Å². The average Bonchev–Trinajstić information content (AvgIpc) is 2.99. The van der Waals surface area contributed by atoms with Crippen LogP contribution in [0.2, 0.25) is 0 Å². The third-order valence-corrected chi connectivity index (χ3v) is 4.13. The first kappa shape index (κ1) is 14.2. The van der Waals surface area contributed by atoms with Crippen LogP contribution in [0.25, 0.3) is 20.7 Å². The van der Waals surface area contributed by atoms with E-state index in [1.165, 1.54) is 6.33 Å². The number of carbonyl (C=O) groups is 1. The smallest absolute Gasteiger partial charge is 0.242 e. The summed E-state index contributed by atoms with van der Waals surface area (Å²) in [5, 5.41) is 0.880. The van der Waals surface area contributed by atoms with Crippen LogP contribution < -0.4 is 10.9 Å². The number of hydrogen-bond acceptors (Lipinski definition) is 5. The van der Waals surface area contributed by atoms with Crippen molar-refractivity contribution in [2.75, 3.05) is 5.43 Å². The van der Waals surface area contributed by atoms with Crippen LogP contribution in [0.4, 0.5) is 5.82 Å². The molecule has 0 aliphatic heterocycles. The lowest BCUT2D eigenvalue weighted by Crippen LogP contribution is -2.29. The van der Waals surface area contributed by atoms with E-state index >= 15 is 0 Å². The van der Waals surface area contributed by atoms with Crippen molar-refractivity contribution in [3.05, 3.63) is 55.4 Å². The molecule has 2 aromatic heterocycles. The molecule has 1 aromatic carbocycles. The number of hydrogen-bond donors (Lipinski definition) is 2. The van der Waals surface area contributed by atoms with E-state index in [0.717, 1.165) is 20.7 Å². The Kier molecular flexibility index (Phi) is 4.11. The van der Waals surface area contributed by atoms with Gasteiger partial charge in [-0.3, -0.25) is 15.6 Å². The first-order chi connectivity index (χ1) is 10.8. The summed E-state index contributed by atoms with van der Waals surface area (Å²) in [5.74, 6) is 0.418. The van der Waals surface area contributed by atoms with Crippen LogP contribution in [0, 0.1) is 0 Å². The number of fused-ring (bicyclic) bond motifs is 1. The molecule has 0 radical (unpaired) electrons. The van der Waals surface area contributed by atoms with Crippen LogP contribution in [0.3, 0.4) is 0 Å². The van der Waals surface area contributed by atoms with E-state index in [1.807, 2.05) is 24.3 Å². The molecule has 0 atom stereocenters. The van der Waals surface area contributed by atoms with Crippen molar-refractivity contribution < 1.29 is 4.79 Å². The predicted molar refractivity (Wildman–Crippen MR) is 89.4 cm³/mol. The van der Waals surface area contributed by atoms with Gasteiger partial charge in [0.05, 0.1) is 5.39 Å². The van der Waals surface area contributed by atoms with Gasteiger partial charge in [-0.05, 0) is 11.6 Å². The summed E-state index contributed by atoms with van der Waals surface area (Å²) in [4.78, 5) is 22.0. The summed E-state index contributed by atoms with van der Waals surface area (Å²) in [7, 11) is 0. The summed E-state index contributed by atoms with van der Waals surface area (Å²) in [5.41, 5.74) is 6.57. The van der Waals surface area contributed by atoms with E-state index in [4.69, 9.17) is 0 Å². The fourth-order valence-corrected chi connectivity index (χ4v) is 3.02. The molecule has 3 rings (SSSR count). The van der Waals surface area contributed by atoms with Gasteiger partial charge in [-0.15, -0.1) is 17.9 Å². The van der Waals surface area contributed by atoms with Crippen LogP contribution in [-0.4, -0.2) is 15.9 Å². The number of amides is 1. The topological polar surface area (TPSA) is 66.9 Å². The van der Waals surface area contributed by atoms with E-state index in [-0.39, 0.29) is 12.3 Å². The lowest BCUT2D eigenvalue weighted by Gasteiger charge is -2.06. The zero-order valence-corrected chi connectivity index (χ0v) is 12.6. The summed E-state index contributed by atoms with van der Waals surface area (Å²) < 4.78 is 0. The van der Waals surface area contributed by atoms with Gasteiger partial charge in [-0.2, -0.15) is 0 Å². The van der Waals surface area contributed by atoms with Crippen LogP contribution in [0.5, 0.6) is 0 Å². The van der Waals surface area contributed by atoms with E-state index in [2.05, 4.69) is 39.5 Å². The highest BCUT2D eigenvalue weighted by Crippen LogP contribution is 2.34. The molecule has 5 nitrogen and oxygen atoms in total. The van der Waals surface area contributed by atoms with Gasteiger partial charge in [0.1, 0.15) is 11.2 Å². The average molecular weight is 310 g/mol. The number of nitrogens with zero attached hydrogens (tertiary/aromatic N) is 2. The van der Waals surface area contributed by atoms with Gasteiger partial charge >= 0.3 is 0 Å². The number of benzene rings is 1. The van der Waals surface area contributed by atoms with Gasteiger partial charge < -0.3 is 0 Å². The molecule has 0 unspecified atom stereocenters. The lowest BCUT2D eigenvalue weighted by atomic mass is 10.2. The van der Waals surface area contributed by atoms with E-state index in [9.17, 15) is 4.79 Å². The van der Waals surface area contributed by atoms with E-state index in [0.29, 0.717) is 5.82 Å². The Labute approximate surface area is 131 Å². The fourth-order valence-electron chi connectivity index (χ4n) is 2.01. The quantitative estimate of drug-likeness (QED) is 0.560. The highest BCUT2D eigenvalue weighted by Gasteiger charge is 2.10. The van der Waals surface area contributed by atoms with Gasteiger partial charge in [0, 0.05) is 11.3 Å². The Hall–Kier alpha value is -2.73. The van der Waals surface area contributed by atoms with Crippen molar-refractivity contribution in [2.45, 2.75) is 6.42 Å². The van der Waals surface area contributed by atoms with Crippen LogP contribution in [-0.2, 0) is 4.79 Å². The molecule has 2 heterocycles. The SMILES string of the molecule is C=CCC(=O)NNc1ncnc2sc(-c3ccccc3)cc12. The molecule has 22 heavy (non-hydrogen) atoms. The number of anilines is 1. The number of thiophene rings is 1. The minimum atomic E-state index is -0.166. The summed E-state index contributed by atoms with van der Waals surface area (Å²) >= 11 is 1.59. The first-order valence-corrected chi connectivity index (χ1v) is 7.55. The molecule has 0 saturated carbocycles. The van der Waals surface area contributed by atoms with Crippen molar-refractivity contribution in [3.63, 3.8) is 0 Å². The molecule has 0 bridgehead atoms. The minimum Gasteiger partial charge on any atom is -0.281 e. The van der Waals surface area contributed by atoms with Gasteiger partial charge in [0.2, 0.25) is 5.91 Å². The third kappa shape index (κ3) is 2.96. The van der Waals surface area contributed by atoms with Crippen molar-refractivity contribution in [1.82, 2.24) is 15.4 Å². The summed E-state index contributed by atoms with van der Waals surface area (Å²) in [6.45, 7) is 3.53. The zero-order valence-electron chi connectivity index (χ0n) is 11.7. The van der Waals surface area contributed by atoms with Crippen LogP contribution >= 0.6 is 11.3 Å². The second-order valence-corrected chi connectivity index (χ2v) is 5.61. The van der Waals surface area contributed by atoms with Crippen molar-refractivity contribution in [3.8, 4) is 10.4 Å². The molecule has 3 aromatic rings. The van der Waals surface area contributed by atoms with Crippen LogP contribution in [0.15, 0.2) is 55.4 Å². The molecule has 1 amide bonds. The Morgan fingerprint density at radius 3 is 2.86 bits per heavy atom. The Morgan fingerprint density at radius 2 is 2.09 bits per heavy atom. The Bertz CT molecular complexity index is 813. The largest absolute Gasteiger partial charge is 0.281 e. The normalized spacial score (nSPS) is 10.4. The number of carbonyl (C=O) groups excluding carboxylic acids is 1. The molecule has 0 aliphatic rings. The first-order valence-electron chi connectivity index (χ1n) is 6.73. The van der Waals surface area contributed by atoms with E-state index < -0.39 is 0 Å². The maximum Gasteiger partial charge on any atom is 0.242 e. The van der Waals surface area contributed by atoms with E-state index in [1.54, 1.807) is 17.4 Å². The maximum absolute atomic E-state index is 11.5. The molecule has 0 fully saturated rings. The molecule has 6 heteroatoms. The number of rotatable bonds is 5. The monoisotopic (exact) mass is 310 g/mol. The molecular weight excluding hydrogens is 296 g/mol. The maximum atomic E-state index is 11.5. The predicted octanol–water partition coefficient (Wildman–Crippen LogP) is 3.38. The highest BCUT2D eigenvalue weighted by molar-refractivity contribution is 7.21. The van der Waals surface area contributed by atoms with Gasteiger partial charge in [-0.25, -0.2) is 9.97 Å². The standard InChI is InChI=1S/C16H14N4OS/c1-2-6-14(21)19-20-15-12-9-13(11-7-4-3-5-8-11)22-16(12)18-10-17-15/h2-5,7-10H,1,6H2,(H,19,21)(H,17,18,20). The van der Waals surface area contributed by atoms with Crippen molar-refractivity contribution >= 4 is 33.3 Å². The molecule has 0 saturated heterocycles. The van der Waals surface area contributed by atoms with Crippen molar-refractivity contribution in [1.29, 1.82) is 0 Å². The van der Waals surface area contributed by atoms with Gasteiger partial charge in [0.25, 0.3) is 0 Å². The molecular formula is C16H14N4OS. The minimum absolute atomic E-state index is 0.166. The lowest BCUT2D eigenvalue weighted by molar-refractivity contribution is -0.119. The Morgan fingerprint density at radius 1 is 1.27 bits per heavy atom. The second kappa shape index (κ2) is 6.36. The number of nitrogens with one attached hydrogen (secondary N) is 2. The fraction of sp³-hybridized carbons (Fsp3) is 0.0625. The molecule has 0 aliphatic carbocycles. The summed E-state index contributed by atoms with van der Waals surface area (Å²) in [6, 6.07) is 12.1. The number of aromatic nitrogens is 2. The Balaban J connectivity index is 1.90. The summed E-state index contributed by atoms with van der Waals surface area (Å²) in [6.07, 6.45) is 3.28. The second-order valence-electron chi connectivity index (χ2n) is 4.58. The van der Waals surface area contributed by atoms with Gasteiger partial charge in [-0.1, -0.05) is 36.4 Å².